The maximum absolute atomic E-state index is 13.4. The first kappa shape index (κ1) is 21.8. The second kappa shape index (κ2) is 7.64. The highest BCUT2D eigenvalue weighted by Crippen LogP contribution is 2.66. The molecule has 166 valence electrons. The molecule has 4 aliphatic rings. The third-order valence-corrected chi connectivity index (χ3v) is 9.70. The van der Waals surface area contributed by atoms with Gasteiger partial charge in [0.1, 0.15) is 6.10 Å². The Bertz CT molecular complexity index is 779. The number of rotatable bonds is 4. The first-order chi connectivity index (χ1) is 14.1. The summed E-state index contributed by atoms with van der Waals surface area (Å²) in [4.78, 5) is 24.9. The third-order valence-electron chi connectivity index (χ3n) is 9.70. The van der Waals surface area contributed by atoms with Crippen LogP contribution in [-0.2, 0) is 14.3 Å². The smallest absolute Gasteiger partial charge is 0.302 e. The zero-order chi connectivity index (χ0) is 21.8. The van der Waals surface area contributed by atoms with Gasteiger partial charge in [-0.15, -0.1) is 6.58 Å². The van der Waals surface area contributed by atoms with E-state index in [1.807, 2.05) is 6.08 Å². The van der Waals surface area contributed by atoms with Gasteiger partial charge in [0, 0.05) is 18.9 Å². The highest BCUT2D eigenvalue weighted by Gasteiger charge is 2.59. The molecule has 4 aliphatic carbocycles. The van der Waals surface area contributed by atoms with E-state index >= 15 is 0 Å². The van der Waals surface area contributed by atoms with Crippen LogP contribution >= 0.6 is 0 Å². The molecule has 0 amide bonds. The summed E-state index contributed by atoms with van der Waals surface area (Å²) in [5.74, 6) is 2.79. The summed E-state index contributed by atoms with van der Waals surface area (Å²) in [6.07, 6.45) is 10.3. The van der Waals surface area contributed by atoms with E-state index in [2.05, 4.69) is 34.3 Å². The fraction of sp³-hybridized carbons (Fsp3) is 0.778. The van der Waals surface area contributed by atoms with Gasteiger partial charge in [-0.3, -0.25) is 9.59 Å². The molecular formula is C27H40O3. The van der Waals surface area contributed by atoms with E-state index in [-0.39, 0.29) is 22.9 Å². The van der Waals surface area contributed by atoms with Crippen LogP contribution in [0.5, 0.6) is 0 Å². The molecule has 0 radical (unpaired) electrons. The first-order valence-corrected chi connectivity index (χ1v) is 12.2. The Morgan fingerprint density at radius 3 is 2.67 bits per heavy atom. The lowest BCUT2D eigenvalue weighted by atomic mass is 9.47. The number of esters is 1. The Labute approximate surface area is 182 Å². The van der Waals surface area contributed by atoms with Crippen molar-refractivity contribution in [2.45, 2.75) is 92.1 Å². The number of fused-ring (bicyclic) bond motifs is 4. The summed E-state index contributed by atoms with van der Waals surface area (Å²) in [6, 6.07) is 0. The molecule has 0 bridgehead atoms. The molecule has 30 heavy (non-hydrogen) atoms. The number of hydrogen-bond acceptors (Lipinski definition) is 3. The minimum Gasteiger partial charge on any atom is -0.463 e. The Morgan fingerprint density at radius 1 is 1.27 bits per heavy atom. The van der Waals surface area contributed by atoms with Crippen molar-refractivity contribution in [3.05, 3.63) is 23.8 Å². The number of allylic oxidation sites excluding steroid dienone is 3. The molecule has 0 aliphatic heterocycles. The number of carbonyl (C=O) groups is 2. The van der Waals surface area contributed by atoms with E-state index in [1.165, 1.54) is 24.5 Å². The lowest BCUT2D eigenvalue weighted by Crippen LogP contribution is -2.51. The molecule has 0 N–H and O–H groups in total. The number of ketones is 1. The summed E-state index contributed by atoms with van der Waals surface area (Å²) < 4.78 is 5.61. The third kappa shape index (κ3) is 3.22. The highest BCUT2D eigenvalue weighted by atomic mass is 16.5. The van der Waals surface area contributed by atoms with Gasteiger partial charge in [0.15, 0.2) is 5.78 Å². The Morgan fingerprint density at radius 2 is 2.00 bits per heavy atom. The quantitative estimate of drug-likeness (QED) is 0.403. The molecule has 0 aromatic heterocycles. The largest absolute Gasteiger partial charge is 0.463 e. The van der Waals surface area contributed by atoms with Crippen LogP contribution in [0.4, 0.5) is 0 Å². The van der Waals surface area contributed by atoms with Gasteiger partial charge < -0.3 is 4.74 Å². The van der Waals surface area contributed by atoms with Crippen LogP contribution in [0.2, 0.25) is 0 Å². The van der Waals surface area contributed by atoms with Gasteiger partial charge in [0.2, 0.25) is 0 Å². The predicted molar refractivity (Wildman–Crippen MR) is 120 cm³/mol. The van der Waals surface area contributed by atoms with Gasteiger partial charge in [-0.05, 0) is 85.4 Å². The molecule has 0 aromatic rings. The van der Waals surface area contributed by atoms with Crippen LogP contribution in [0, 0.1) is 40.4 Å². The van der Waals surface area contributed by atoms with Crippen molar-refractivity contribution < 1.29 is 14.3 Å². The van der Waals surface area contributed by atoms with Gasteiger partial charge in [-0.2, -0.15) is 0 Å². The number of Topliss-reactive ketones (excluding diaryl/α,β-unsaturated/α-hetero) is 1. The maximum atomic E-state index is 13.4. The second-order valence-corrected chi connectivity index (χ2v) is 11.4. The maximum Gasteiger partial charge on any atom is 0.302 e. The van der Waals surface area contributed by atoms with E-state index in [0.29, 0.717) is 35.4 Å². The highest BCUT2D eigenvalue weighted by molar-refractivity contribution is 6.00. The van der Waals surface area contributed by atoms with E-state index in [9.17, 15) is 9.59 Å². The Balaban J connectivity index is 1.69. The molecule has 0 heterocycles. The number of ether oxygens (including phenoxy) is 1. The normalized spacial score (nSPS) is 44.0. The molecule has 0 unspecified atom stereocenters. The van der Waals surface area contributed by atoms with E-state index in [4.69, 9.17) is 4.74 Å². The minimum atomic E-state index is -0.153. The van der Waals surface area contributed by atoms with Gasteiger partial charge >= 0.3 is 5.97 Å². The molecule has 3 nitrogen and oxygen atoms in total. The molecule has 4 rings (SSSR count). The molecule has 3 saturated carbocycles. The van der Waals surface area contributed by atoms with Crippen LogP contribution in [0.15, 0.2) is 23.8 Å². The van der Waals surface area contributed by atoms with Crippen molar-refractivity contribution in [2.75, 3.05) is 0 Å². The Kier molecular flexibility index (Phi) is 5.56. The summed E-state index contributed by atoms with van der Waals surface area (Å²) in [6.45, 7) is 15.0. The number of carbonyl (C=O) groups excluding carboxylic acids is 2. The molecule has 0 saturated heterocycles. The molecular weight excluding hydrogens is 372 g/mol. The van der Waals surface area contributed by atoms with Gasteiger partial charge in [0.25, 0.3) is 0 Å². The zero-order valence-electron chi connectivity index (χ0n) is 19.6. The molecule has 3 fully saturated rings. The van der Waals surface area contributed by atoms with Crippen LogP contribution < -0.4 is 0 Å². The van der Waals surface area contributed by atoms with Crippen LogP contribution in [0.1, 0.15) is 86.0 Å². The van der Waals surface area contributed by atoms with Crippen molar-refractivity contribution in [3.63, 3.8) is 0 Å². The van der Waals surface area contributed by atoms with E-state index in [0.717, 1.165) is 44.9 Å². The van der Waals surface area contributed by atoms with Gasteiger partial charge in [-0.1, -0.05) is 39.3 Å². The predicted octanol–water partition coefficient (Wildman–Crippen LogP) is 6.28. The average molecular weight is 413 g/mol. The van der Waals surface area contributed by atoms with Crippen LogP contribution in [-0.4, -0.2) is 17.9 Å². The van der Waals surface area contributed by atoms with Crippen molar-refractivity contribution in [1.82, 2.24) is 0 Å². The SMILES string of the molecule is C=CC[C@@H](C)[C@H]1CC(=O)C2=C3[C@H](C)C[C@H]4C[C@@H](OC(C)=O)CC[C@]4(C)[C@H]3CC[C@@]21C. The molecule has 0 spiro atoms. The lowest BCUT2D eigenvalue weighted by Gasteiger charge is -2.58. The summed E-state index contributed by atoms with van der Waals surface area (Å²) in [5.41, 5.74) is 3.02. The van der Waals surface area contributed by atoms with Crippen molar-refractivity contribution in [1.29, 1.82) is 0 Å². The molecule has 8 atom stereocenters. The van der Waals surface area contributed by atoms with E-state index < -0.39 is 0 Å². The number of hydrogen-bond donors (Lipinski definition) is 0. The minimum absolute atomic E-state index is 0.0394. The van der Waals surface area contributed by atoms with Crippen molar-refractivity contribution in [3.8, 4) is 0 Å². The van der Waals surface area contributed by atoms with Crippen LogP contribution in [0.3, 0.4) is 0 Å². The fourth-order valence-electron chi connectivity index (χ4n) is 8.24. The molecule has 0 aromatic carbocycles. The topological polar surface area (TPSA) is 43.4 Å². The van der Waals surface area contributed by atoms with Gasteiger partial charge in [0.05, 0.1) is 0 Å². The van der Waals surface area contributed by atoms with Gasteiger partial charge in [-0.25, -0.2) is 0 Å². The lowest BCUT2D eigenvalue weighted by molar-refractivity contribution is -0.153. The second-order valence-electron chi connectivity index (χ2n) is 11.4. The van der Waals surface area contributed by atoms with Crippen molar-refractivity contribution in [2.24, 2.45) is 40.4 Å². The summed E-state index contributed by atoms with van der Waals surface area (Å²) in [7, 11) is 0. The summed E-state index contributed by atoms with van der Waals surface area (Å²) >= 11 is 0. The molecule has 3 heteroatoms. The Hall–Kier alpha value is -1.38. The van der Waals surface area contributed by atoms with Crippen LogP contribution in [0.25, 0.3) is 0 Å². The average Bonchev–Trinajstić information content (AvgIpc) is 2.94. The first-order valence-electron chi connectivity index (χ1n) is 12.2. The fourth-order valence-corrected chi connectivity index (χ4v) is 8.24. The summed E-state index contributed by atoms with van der Waals surface area (Å²) in [5, 5.41) is 0. The van der Waals surface area contributed by atoms with E-state index in [1.54, 1.807) is 0 Å². The van der Waals surface area contributed by atoms with Crippen molar-refractivity contribution >= 4 is 11.8 Å². The monoisotopic (exact) mass is 412 g/mol. The zero-order valence-corrected chi connectivity index (χ0v) is 19.6. The standard InChI is InChI=1S/C27H40O3/c1-7-8-16(2)22-15-23(29)25-24-17(3)13-19-14-20(30-18(4)28)9-11-26(19,5)21(24)10-12-27(22,25)6/h7,16-17,19-22H,1,8-15H2,2-6H3/t16-,17-,19+,20+,21+,22-,26+,27-/m1/s1.